The van der Waals surface area contributed by atoms with E-state index in [1.807, 2.05) is 19.9 Å². The predicted molar refractivity (Wildman–Crippen MR) is 79.6 cm³/mol. The lowest BCUT2D eigenvalue weighted by molar-refractivity contribution is -0.144. The summed E-state index contributed by atoms with van der Waals surface area (Å²) < 4.78 is 29.0. The number of ether oxygens (including phenoxy) is 1. The Hall–Kier alpha value is -1.40. The largest absolute Gasteiger partial charge is 0.468 e. The standard InChI is InChI=1S/C15H21NO4S/c1-10(2)14(15(17)20-3)16-12-8-9-21(18,19)13-7-5-4-6-11(12)13/h4-7,10,12,14,16H,8-9H2,1-3H3/t12?,14-/m0/s1. The van der Waals surface area contributed by atoms with Gasteiger partial charge in [-0.15, -0.1) is 0 Å². The molecule has 1 heterocycles. The fourth-order valence-corrected chi connectivity index (χ4v) is 4.26. The molecule has 1 N–H and O–H groups in total. The van der Waals surface area contributed by atoms with Crippen molar-refractivity contribution in [3.63, 3.8) is 0 Å². The van der Waals surface area contributed by atoms with Crippen molar-refractivity contribution in [3.05, 3.63) is 29.8 Å². The van der Waals surface area contributed by atoms with Gasteiger partial charge >= 0.3 is 5.97 Å². The van der Waals surface area contributed by atoms with E-state index in [9.17, 15) is 13.2 Å². The summed E-state index contributed by atoms with van der Waals surface area (Å²) >= 11 is 0. The monoisotopic (exact) mass is 311 g/mol. The second kappa shape index (κ2) is 6.15. The molecule has 0 spiro atoms. The van der Waals surface area contributed by atoms with Crippen LogP contribution in [0.15, 0.2) is 29.2 Å². The van der Waals surface area contributed by atoms with Crippen molar-refractivity contribution in [2.45, 2.75) is 37.2 Å². The molecule has 0 fully saturated rings. The van der Waals surface area contributed by atoms with Gasteiger partial charge in [0.2, 0.25) is 0 Å². The maximum Gasteiger partial charge on any atom is 0.323 e. The lowest BCUT2D eigenvalue weighted by Gasteiger charge is -2.30. The van der Waals surface area contributed by atoms with Crippen LogP contribution < -0.4 is 5.32 Å². The van der Waals surface area contributed by atoms with Crippen molar-refractivity contribution in [3.8, 4) is 0 Å². The molecule has 1 aliphatic rings. The SMILES string of the molecule is COC(=O)[C@@H](NC1CCS(=O)(=O)c2ccccc21)C(C)C. The number of carbonyl (C=O) groups is 1. The summed E-state index contributed by atoms with van der Waals surface area (Å²) in [7, 11) is -1.85. The number of hydrogen-bond acceptors (Lipinski definition) is 5. The minimum absolute atomic E-state index is 0.0585. The molecule has 116 valence electrons. The van der Waals surface area contributed by atoms with E-state index in [1.54, 1.807) is 18.2 Å². The number of nitrogens with one attached hydrogen (secondary N) is 1. The fourth-order valence-electron chi connectivity index (χ4n) is 2.64. The van der Waals surface area contributed by atoms with Crippen molar-refractivity contribution in [1.82, 2.24) is 5.32 Å². The van der Waals surface area contributed by atoms with Crippen molar-refractivity contribution in [1.29, 1.82) is 0 Å². The third-order valence-electron chi connectivity index (χ3n) is 3.81. The molecule has 6 heteroatoms. The first kappa shape index (κ1) is 16.0. The van der Waals surface area contributed by atoms with Crippen LogP contribution in [0, 0.1) is 5.92 Å². The first-order chi connectivity index (χ1) is 9.86. The average molecular weight is 311 g/mol. The van der Waals surface area contributed by atoms with Crippen LogP contribution in [0.2, 0.25) is 0 Å². The van der Waals surface area contributed by atoms with Gasteiger partial charge in [-0.1, -0.05) is 32.0 Å². The molecule has 0 radical (unpaired) electrons. The van der Waals surface area contributed by atoms with E-state index in [4.69, 9.17) is 4.74 Å². The van der Waals surface area contributed by atoms with Crippen molar-refractivity contribution in [2.24, 2.45) is 5.92 Å². The van der Waals surface area contributed by atoms with Crippen molar-refractivity contribution in [2.75, 3.05) is 12.9 Å². The molecule has 1 aromatic carbocycles. The molecule has 21 heavy (non-hydrogen) atoms. The minimum atomic E-state index is -3.21. The van der Waals surface area contributed by atoms with E-state index >= 15 is 0 Å². The quantitative estimate of drug-likeness (QED) is 0.857. The van der Waals surface area contributed by atoms with E-state index in [0.717, 1.165) is 5.56 Å². The van der Waals surface area contributed by atoms with Gasteiger partial charge in [-0.05, 0) is 24.0 Å². The minimum Gasteiger partial charge on any atom is -0.468 e. The van der Waals surface area contributed by atoms with Crippen molar-refractivity contribution < 1.29 is 17.9 Å². The van der Waals surface area contributed by atoms with Gasteiger partial charge in [0.05, 0.1) is 17.8 Å². The number of esters is 1. The van der Waals surface area contributed by atoms with Crippen LogP contribution in [0.1, 0.15) is 31.9 Å². The van der Waals surface area contributed by atoms with Crippen LogP contribution in [-0.4, -0.2) is 33.3 Å². The smallest absolute Gasteiger partial charge is 0.323 e. The van der Waals surface area contributed by atoms with Crippen LogP contribution >= 0.6 is 0 Å². The highest BCUT2D eigenvalue weighted by atomic mass is 32.2. The Morgan fingerprint density at radius 3 is 2.62 bits per heavy atom. The maximum absolute atomic E-state index is 12.1. The van der Waals surface area contributed by atoms with Crippen LogP contribution in [0.4, 0.5) is 0 Å². The average Bonchev–Trinajstić information content (AvgIpc) is 2.45. The van der Waals surface area contributed by atoms with Gasteiger partial charge in [0.1, 0.15) is 6.04 Å². The number of carbonyl (C=O) groups excluding carboxylic acids is 1. The molecule has 1 aromatic rings. The second-order valence-electron chi connectivity index (χ2n) is 5.61. The van der Waals surface area contributed by atoms with Gasteiger partial charge < -0.3 is 4.74 Å². The van der Waals surface area contributed by atoms with E-state index in [2.05, 4.69) is 5.32 Å². The van der Waals surface area contributed by atoms with Gasteiger partial charge in [0.25, 0.3) is 0 Å². The number of sulfone groups is 1. The number of fused-ring (bicyclic) bond motifs is 1. The maximum atomic E-state index is 12.1. The van der Waals surface area contributed by atoms with E-state index in [0.29, 0.717) is 11.3 Å². The van der Waals surface area contributed by atoms with Crippen LogP contribution in [-0.2, 0) is 19.4 Å². The second-order valence-corrected chi connectivity index (χ2v) is 7.69. The zero-order valence-electron chi connectivity index (χ0n) is 12.5. The number of benzene rings is 1. The Kier molecular flexibility index (Phi) is 4.68. The summed E-state index contributed by atoms with van der Waals surface area (Å²) in [5.74, 6) is -0.174. The normalized spacial score (nSPS) is 21.6. The van der Waals surface area contributed by atoms with E-state index in [1.165, 1.54) is 7.11 Å². The molecular formula is C15H21NO4S. The Labute approximate surface area is 125 Å². The highest BCUT2D eigenvalue weighted by Gasteiger charge is 2.33. The van der Waals surface area contributed by atoms with Gasteiger partial charge in [-0.25, -0.2) is 8.42 Å². The predicted octanol–water partition coefficient (Wildman–Crippen LogP) is 1.69. The summed E-state index contributed by atoms with van der Waals surface area (Å²) in [5.41, 5.74) is 0.735. The molecule has 2 atom stereocenters. The summed E-state index contributed by atoms with van der Waals surface area (Å²) in [6, 6.07) is 6.36. The number of methoxy groups -OCH3 is 1. The Bertz CT molecular complexity index is 624. The molecule has 1 aliphatic heterocycles. The van der Waals surface area contributed by atoms with E-state index in [-0.39, 0.29) is 23.7 Å². The van der Waals surface area contributed by atoms with Crippen molar-refractivity contribution >= 4 is 15.8 Å². The lowest BCUT2D eigenvalue weighted by Crippen LogP contribution is -2.45. The molecule has 0 aliphatic carbocycles. The molecule has 0 saturated carbocycles. The van der Waals surface area contributed by atoms with Crippen LogP contribution in [0.5, 0.6) is 0 Å². The third kappa shape index (κ3) is 3.27. The highest BCUT2D eigenvalue weighted by Crippen LogP contribution is 2.32. The summed E-state index contributed by atoms with van der Waals surface area (Å²) in [6.45, 7) is 3.86. The Balaban J connectivity index is 2.32. The summed E-state index contributed by atoms with van der Waals surface area (Å²) in [4.78, 5) is 12.2. The molecule has 5 nitrogen and oxygen atoms in total. The summed E-state index contributed by atoms with van der Waals surface area (Å²) in [5, 5.41) is 3.26. The van der Waals surface area contributed by atoms with Crippen LogP contribution in [0.3, 0.4) is 0 Å². The first-order valence-corrected chi connectivity index (χ1v) is 8.67. The van der Waals surface area contributed by atoms with E-state index < -0.39 is 15.9 Å². The molecule has 0 saturated heterocycles. The molecule has 0 amide bonds. The fraction of sp³-hybridized carbons (Fsp3) is 0.533. The zero-order valence-corrected chi connectivity index (χ0v) is 13.3. The van der Waals surface area contributed by atoms with Gasteiger partial charge in [0.15, 0.2) is 9.84 Å². The molecule has 0 aromatic heterocycles. The van der Waals surface area contributed by atoms with Gasteiger partial charge in [-0.2, -0.15) is 0 Å². The molecular weight excluding hydrogens is 290 g/mol. The molecule has 0 bridgehead atoms. The molecule has 1 unspecified atom stereocenters. The number of hydrogen-bond donors (Lipinski definition) is 1. The lowest BCUT2D eigenvalue weighted by atomic mass is 9.98. The zero-order chi connectivity index (χ0) is 15.6. The van der Waals surface area contributed by atoms with Crippen LogP contribution in [0.25, 0.3) is 0 Å². The topological polar surface area (TPSA) is 72.5 Å². The highest BCUT2D eigenvalue weighted by molar-refractivity contribution is 7.91. The summed E-state index contributed by atoms with van der Waals surface area (Å²) in [6.07, 6.45) is 0.458. The first-order valence-electron chi connectivity index (χ1n) is 7.02. The number of rotatable bonds is 4. The van der Waals surface area contributed by atoms with Gasteiger partial charge in [0, 0.05) is 6.04 Å². The van der Waals surface area contributed by atoms with Gasteiger partial charge in [-0.3, -0.25) is 10.1 Å². The Morgan fingerprint density at radius 2 is 2.00 bits per heavy atom. The molecule has 2 rings (SSSR count). The Morgan fingerprint density at radius 1 is 1.33 bits per heavy atom. The third-order valence-corrected chi connectivity index (χ3v) is 5.62.